The van der Waals surface area contributed by atoms with E-state index in [0.717, 1.165) is 23.1 Å². The summed E-state index contributed by atoms with van der Waals surface area (Å²) in [4.78, 5) is 22.9. The van der Waals surface area contributed by atoms with E-state index in [2.05, 4.69) is 9.98 Å². The molecule has 0 aliphatic carbocycles. The lowest BCUT2D eigenvalue weighted by Gasteiger charge is -2.14. The number of furan rings is 1. The van der Waals surface area contributed by atoms with Gasteiger partial charge < -0.3 is 18.3 Å². The van der Waals surface area contributed by atoms with Gasteiger partial charge in [-0.3, -0.25) is 4.79 Å². The Morgan fingerprint density at radius 3 is 2.58 bits per heavy atom. The number of thiazole rings is 1. The molecule has 0 saturated heterocycles. The van der Waals surface area contributed by atoms with Gasteiger partial charge in [-0.1, -0.05) is 20.8 Å². The van der Waals surface area contributed by atoms with Crippen LogP contribution in [0.5, 0.6) is 5.75 Å². The topological polar surface area (TPSA) is 74.6 Å². The van der Waals surface area contributed by atoms with E-state index >= 15 is 0 Å². The molecule has 0 N–H and O–H groups in total. The molecule has 3 aromatic heterocycles. The number of carbonyl (C=O) groups is 1. The Labute approximate surface area is 209 Å². The summed E-state index contributed by atoms with van der Waals surface area (Å²) in [6.07, 6.45) is 2.09. The fourth-order valence-electron chi connectivity index (χ4n) is 3.34. The summed E-state index contributed by atoms with van der Waals surface area (Å²) in [5, 5.41) is 0. The van der Waals surface area contributed by atoms with Crippen LogP contribution in [0, 0.1) is 0 Å². The van der Waals surface area contributed by atoms with Crippen molar-refractivity contribution in [3.8, 4) is 5.75 Å². The van der Waals surface area contributed by atoms with Crippen molar-refractivity contribution in [2.45, 2.75) is 45.5 Å². The molecule has 190 valence electrons. The van der Waals surface area contributed by atoms with Gasteiger partial charge in [-0.2, -0.15) is 18.2 Å². The summed E-state index contributed by atoms with van der Waals surface area (Å²) in [5.74, 6) is -0.194. The Kier molecular flexibility index (Phi) is 6.94. The predicted molar refractivity (Wildman–Crippen MR) is 128 cm³/mol. The second kappa shape index (κ2) is 9.81. The van der Waals surface area contributed by atoms with Crippen molar-refractivity contribution in [2.24, 2.45) is 12.0 Å². The number of nitrogens with zero attached hydrogens (tertiary/aromatic N) is 4. The summed E-state index contributed by atoms with van der Waals surface area (Å²) in [5.41, 5.74) is -0.899. The number of rotatable bonds is 6. The lowest BCUT2D eigenvalue weighted by molar-refractivity contribution is -0.137. The zero-order valence-corrected chi connectivity index (χ0v) is 21.0. The zero-order chi connectivity index (χ0) is 26.1. The monoisotopic (exact) mass is 518 g/mol. The van der Waals surface area contributed by atoms with Gasteiger partial charge in [0.15, 0.2) is 4.80 Å². The number of ether oxygens (including phenoxy) is 1. The van der Waals surface area contributed by atoms with Crippen LogP contribution >= 0.6 is 11.3 Å². The van der Waals surface area contributed by atoms with Gasteiger partial charge in [0.05, 0.1) is 36.0 Å². The smallest absolute Gasteiger partial charge is 0.416 e. The lowest BCUT2D eigenvalue weighted by Crippen LogP contribution is -2.17. The zero-order valence-electron chi connectivity index (χ0n) is 20.2. The van der Waals surface area contributed by atoms with Gasteiger partial charge >= 0.3 is 6.18 Å². The number of benzene rings is 1. The van der Waals surface area contributed by atoms with Crippen molar-refractivity contribution < 1.29 is 27.1 Å². The Hall–Kier alpha value is -3.60. The molecule has 36 heavy (non-hydrogen) atoms. The number of alkyl halides is 3. The van der Waals surface area contributed by atoms with E-state index in [1.807, 2.05) is 27.0 Å². The molecule has 3 heterocycles. The first-order chi connectivity index (χ1) is 16.9. The number of aromatic nitrogens is 3. The van der Waals surface area contributed by atoms with Crippen molar-refractivity contribution in [2.75, 3.05) is 0 Å². The predicted octanol–water partition coefficient (Wildman–Crippen LogP) is 5.56. The van der Waals surface area contributed by atoms with Crippen LogP contribution in [0.3, 0.4) is 0 Å². The molecule has 7 nitrogen and oxygen atoms in total. The molecule has 0 bridgehead atoms. The first-order valence-corrected chi connectivity index (χ1v) is 11.8. The van der Waals surface area contributed by atoms with Gasteiger partial charge in [0.2, 0.25) is 0 Å². The summed E-state index contributed by atoms with van der Waals surface area (Å²) >= 11 is 1.30. The van der Waals surface area contributed by atoms with Crippen molar-refractivity contribution in [1.29, 1.82) is 0 Å². The number of hydrogen-bond acceptors (Lipinski definition) is 5. The highest BCUT2D eigenvalue weighted by molar-refractivity contribution is 7.09. The van der Waals surface area contributed by atoms with Crippen molar-refractivity contribution in [1.82, 2.24) is 14.1 Å². The molecular formula is C25H25F3N4O3S. The molecule has 0 spiro atoms. The molecule has 11 heteroatoms. The third-order valence-electron chi connectivity index (χ3n) is 5.23. The lowest BCUT2D eigenvalue weighted by atomic mass is 9.95. The molecule has 0 saturated carbocycles. The van der Waals surface area contributed by atoms with Gasteiger partial charge in [0.25, 0.3) is 5.91 Å². The average Bonchev–Trinajstić information content (AvgIpc) is 3.54. The number of amides is 1. The minimum Gasteiger partial charge on any atom is -0.486 e. The fourth-order valence-corrected chi connectivity index (χ4v) is 4.38. The van der Waals surface area contributed by atoms with Crippen LogP contribution in [-0.2, 0) is 31.8 Å². The fraction of sp³-hybridized carbons (Fsp3) is 0.320. The molecule has 4 rings (SSSR count). The van der Waals surface area contributed by atoms with Gasteiger partial charge in [0.1, 0.15) is 18.1 Å². The summed E-state index contributed by atoms with van der Waals surface area (Å²) in [6, 6.07) is 6.34. The maximum absolute atomic E-state index is 13.4. The standard InChI is InChI=1S/C25H25F3N4O3S/c1-24(2,3)21-13-32(12-18-6-5-9-34-18)23(36-21)30-22(33)19-10-16(25(26,27)28)7-8-20(19)35-14-17-11-31(4)15-29-17/h5-11,13,15H,12,14H2,1-4H3. The number of imidazole rings is 1. The molecule has 0 aliphatic rings. The quantitative estimate of drug-likeness (QED) is 0.335. The van der Waals surface area contributed by atoms with Crippen LogP contribution < -0.4 is 9.54 Å². The first kappa shape index (κ1) is 25.5. The van der Waals surface area contributed by atoms with E-state index in [4.69, 9.17) is 9.15 Å². The Morgan fingerprint density at radius 2 is 1.97 bits per heavy atom. The van der Waals surface area contributed by atoms with Crippen molar-refractivity contribution >= 4 is 17.2 Å². The summed E-state index contributed by atoms with van der Waals surface area (Å²) in [6.45, 7) is 6.38. The van der Waals surface area contributed by atoms with E-state index < -0.39 is 17.6 Å². The van der Waals surface area contributed by atoms with Crippen LogP contribution in [0.4, 0.5) is 13.2 Å². The maximum Gasteiger partial charge on any atom is 0.416 e. The van der Waals surface area contributed by atoms with E-state index in [1.54, 1.807) is 47.1 Å². The van der Waals surface area contributed by atoms with Gasteiger partial charge in [-0.25, -0.2) is 4.98 Å². The first-order valence-electron chi connectivity index (χ1n) is 11.0. The van der Waals surface area contributed by atoms with Crippen LogP contribution in [0.15, 0.2) is 64.7 Å². The van der Waals surface area contributed by atoms with Gasteiger partial charge in [-0.15, -0.1) is 11.3 Å². The highest BCUT2D eigenvalue weighted by atomic mass is 32.1. The molecule has 0 fully saturated rings. The van der Waals surface area contributed by atoms with E-state index in [0.29, 0.717) is 22.8 Å². The Bertz CT molecular complexity index is 1420. The molecule has 0 atom stereocenters. The Morgan fingerprint density at radius 1 is 1.19 bits per heavy atom. The van der Waals surface area contributed by atoms with Crippen molar-refractivity contribution in [3.63, 3.8) is 0 Å². The minimum atomic E-state index is -4.63. The minimum absolute atomic E-state index is 0.00686. The third kappa shape index (κ3) is 5.96. The molecule has 1 amide bonds. The van der Waals surface area contributed by atoms with E-state index in [9.17, 15) is 18.0 Å². The molecule has 0 radical (unpaired) electrons. The van der Waals surface area contributed by atoms with Crippen LogP contribution in [-0.4, -0.2) is 20.0 Å². The van der Waals surface area contributed by atoms with Crippen LogP contribution in [0.2, 0.25) is 0 Å². The number of hydrogen-bond donors (Lipinski definition) is 0. The molecule has 4 aromatic rings. The van der Waals surface area contributed by atoms with E-state index in [1.165, 1.54) is 11.3 Å². The normalized spacial score (nSPS) is 12.8. The van der Waals surface area contributed by atoms with Gasteiger partial charge in [0, 0.05) is 24.3 Å². The largest absolute Gasteiger partial charge is 0.486 e. The highest BCUT2D eigenvalue weighted by Gasteiger charge is 2.32. The molecule has 0 unspecified atom stereocenters. The third-order valence-corrected chi connectivity index (χ3v) is 6.68. The van der Waals surface area contributed by atoms with Gasteiger partial charge in [-0.05, 0) is 35.7 Å². The molecular weight excluding hydrogens is 493 g/mol. The van der Waals surface area contributed by atoms with Crippen LogP contribution in [0.1, 0.15) is 53.0 Å². The summed E-state index contributed by atoms with van der Waals surface area (Å²) < 4.78 is 54.9. The maximum atomic E-state index is 13.4. The second-order valence-electron chi connectivity index (χ2n) is 9.28. The molecule has 0 aliphatic heterocycles. The second-order valence-corrected chi connectivity index (χ2v) is 10.3. The average molecular weight is 519 g/mol. The van der Waals surface area contributed by atoms with E-state index in [-0.39, 0.29) is 23.3 Å². The number of carbonyl (C=O) groups excluding carboxylic acids is 1. The molecule has 1 aromatic carbocycles. The highest BCUT2D eigenvalue weighted by Crippen LogP contribution is 2.33. The Balaban J connectivity index is 1.75. The van der Waals surface area contributed by atoms with Crippen LogP contribution in [0.25, 0.3) is 0 Å². The number of halogens is 3. The SMILES string of the molecule is Cn1cnc(COc2ccc(C(F)(F)F)cc2C(=O)N=c2sc(C(C)(C)C)cn2Cc2ccco2)c1. The van der Waals surface area contributed by atoms with Crippen molar-refractivity contribution in [3.05, 3.63) is 87.6 Å². The summed E-state index contributed by atoms with van der Waals surface area (Å²) in [7, 11) is 1.79. The number of aryl methyl sites for hydroxylation is 1.